The van der Waals surface area contributed by atoms with Gasteiger partial charge in [0.1, 0.15) is 5.02 Å². The van der Waals surface area contributed by atoms with Crippen molar-refractivity contribution in [1.29, 1.82) is 0 Å². The van der Waals surface area contributed by atoms with Crippen LogP contribution in [0.2, 0.25) is 5.02 Å². The SMILES string of the molecule is Cn1c(=O)[nH]c2cc(Cl)c([N+](=O)[O-])cc2c1=O. The van der Waals surface area contributed by atoms with Crippen molar-refractivity contribution in [3.63, 3.8) is 0 Å². The zero-order chi connectivity index (χ0) is 12.7. The van der Waals surface area contributed by atoms with E-state index in [1.54, 1.807) is 0 Å². The number of rotatable bonds is 1. The van der Waals surface area contributed by atoms with Gasteiger partial charge in [0.05, 0.1) is 15.8 Å². The quantitative estimate of drug-likeness (QED) is 0.601. The molecule has 1 aromatic heterocycles. The Morgan fingerprint density at radius 2 is 2.06 bits per heavy atom. The number of nitrogens with one attached hydrogen (secondary N) is 1. The van der Waals surface area contributed by atoms with Crippen LogP contribution in [0.3, 0.4) is 0 Å². The molecule has 0 fully saturated rings. The Balaban J connectivity index is 3.00. The highest BCUT2D eigenvalue weighted by molar-refractivity contribution is 6.33. The van der Waals surface area contributed by atoms with E-state index in [2.05, 4.69) is 4.98 Å². The molecular formula is C9H6ClN3O4. The summed E-state index contributed by atoms with van der Waals surface area (Å²) >= 11 is 5.67. The van der Waals surface area contributed by atoms with Crippen LogP contribution < -0.4 is 11.2 Å². The highest BCUT2D eigenvalue weighted by atomic mass is 35.5. The number of benzene rings is 1. The van der Waals surface area contributed by atoms with Gasteiger partial charge in [0.2, 0.25) is 0 Å². The lowest BCUT2D eigenvalue weighted by atomic mass is 10.2. The standard InChI is InChI=1S/C9H6ClN3O4/c1-12-8(14)4-2-7(13(16)17)5(10)3-6(4)11-9(12)15/h2-3H,1H3,(H,11,15). The average molecular weight is 256 g/mol. The smallest absolute Gasteiger partial charge is 0.307 e. The van der Waals surface area contributed by atoms with Gasteiger partial charge in [0.15, 0.2) is 0 Å². The molecule has 7 nitrogen and oxygen atoms in total. The van der Waals surface area contributed by atoms with Gasteiger partial charge in [-0.1, -0.05) is 11.6 Å². The molecule has 0 bridgehead atoms. The normalized spacial score (nSPS) is 10.7. The monoisotopic (exact) mass is 255 g/mol. The Labute approximate surface area is 98.4 Å². The Morgan fingerprint density at radius 3 is 2.65 bits per heavy atom. The Kier molecular flexibility index (Phi) is 2.47. The van der Waals surface area contributed by atoms with Crippen LogP contribution in [0.5, 0.6) is 0 Å². The molecule has 0 saturated carbocycles. The summed E-state index contributed by atoms with van der Waals surface area (Å²) in [6.45, 7) is 0. The minimum atomic E-state index is -0.688. The van der Waals surface area contributed by atoms with Gasteiger partial charge in [0.25, 0.3) is 11.2 Å². The molecule has 1 heterocycles. The van der Waals surface area contributed by atoms with E-state index in [0.717, 1.165) is 10.6 Å². The zero-order valence-corrected chi connectivity index (χ0v) is 9.32. The summed E-state index contributed by atoms with van der Waals surface area (Å²) in [6, 6.07) is 2.24. The molecule has 0 radical (unpaired) electrons. The molecule has 0 saturated heterocycles. The van der Waals surface area contributed by atoms with Crippen molar-refractivity contribution in [1.82, 2.24) is 9.55 Å². The van der Waals surface area contributed by atoms with Gasteiger partial charge in [0, 0.05) is 13.1 Å². The molecule has 2 rings (SSSR count). The van der Waals surface area contributed by atoms with E-state index in [-0.39, 0.29) is 21.6 Å². The summed E-state index contributed by atoms with van der Waals surface area (Å²) < 4.78 is 0.833. The van der Waals surface area contributed by atoms with Crippen molar-refractivity contribution in [2.24, 2.45) is 7.05 Å². The first-order valence-electron chi connectivity index (χ1n) is 4.49. The second-order valence-electron chi connectivity index (χ2n) is 3.40. The number of hydrogen-bond acceptors (Lipinski definition) is 4. The van der Waals surface area contributed by atoms with Crippen LogP contribution in [-0.4, -0.2) is 14.5 Å². The molecular weight excluding hydrogens is 250 g/mol. The minimum Gasteiger partial charge on any atom is -0.307 e. The molecule has 1 aromatic carbocycles. The highest BCUT2D eigenvalue weighted by Crippen LogP contribution is 2.26. The van der Waals surface area contributed by atoms with Crippen molar-refractivity contribution in [2.45, 2.75) is 0 Å². The lowest BCUT2D eigenvalue weighted by molar-refractivity contribution is -0.384. The summed E-state index contributed by atoms with van der Waals surface area (Å²) in [6.07, 6.45) is 0. The molecule has 2 aromatic rings. The summed E-state index contributed by atoms with van der Waals surface area (Å²) in [5, 5.41) is 10.6. The van der Waals surface area contributed by atoms with Crippen LogP contribution in [0.25, 0.3) is 10.9 Å². The fourth-order valence-corrected chi connectivity index (χ4v) is 1.69. The van der Waals surface area contributed by atoms with Crippen LogP contribution in [0.1, 0.15) is 0 Å². The van der Waals surface area contributed by atoms with Crippen molar-refractivity contribution in [2.75, 3.05) is 0 Å². The fourth-order valence-electron chi connectivity index (χ4n) is 1.45. The number of halogens is 1. The number of fused-ring (bicyclic) bond motifs is 1. The van der Waals surface area contributed by atoms with Crippen molar-refractivity contribution >= 4 is 28.2 Å². The van der Waals surface area contributed by atoms with Crippen LogP contribution in [-0.2, 0) is 7.05 Å². The highest BCUT2D eigenvalue weighted by Gasteiger charge is 2.16. The van der Waals surface area contributed by atoms with Crippen molar-refractivity contribution < 1.29 is 4.92 Å². The lowest BCUT2D eigenvalue weighted by Gasteiger charge is -2.01. The van der Waals surface area contributed by atoms with Gasteiger partial charge >= 0.3 is 5.69 Å². The fraction of sp³-hybridized carbons (Fsp3) is 0.111. The number of H-pyrrole nitrogens is 1. The first kappa shape index (κ1) is 11.3. The molecule has 0 aliphatic heterocycles. The van der Waals surface area contributed by atoms with Crippen LogP contribution >= 0.6 is 11.6 Å². The van der Waals surface area contributed by atoms with Crippen LogP contribution in [0.15, 0.2) is 21.7 Å². The number of nitro benzene ring substituents is 1. The first-order chi connectivity index (χ1) is 7.91. The maximum Gasteiger partial charge on any atom is 0.328 e. The molecule has 0 spiro atoms. The number of nitro groups is 1. The first-order valence-corrected chi connectivity index (χ1v) is 4.86. The maximum atomic E-state index is 11.7. The number of hydrogen-bond donors (Lipinski definition) is 1. The average Bonchev–Trinajstić information content (AvgIpc) is 2.25. The molecule has 1 N–H and O–H groups in total. The van der Waals surface area contributed by atoms with E-state index >= 15 is 0 Å². The number of nitrogens with zero attached hydrogens (tertiary/aromatic N) is 2. The topological polar surface area (TPSA) is 98.0 Å². The van der Waals surface area contributed by atoms with E-state index in [4.69, 9.17) is 11.6 Å². The van der Waals surface area contributed by atoms with Gasteiger partial charge in [-0.25, -0.2) is 4.79 Å². The molecule has 88 valence electrons. The zero-order valence-electron chi connectivity index (χ0n) is 8.56. The van der Waals surface area contributed by atoms with Gasteiger partial charge in [-0.05, 0) is 6.07 Å². The Bertz CT molecular complexity index is 746. The maximum absolute atomic E-state index is 11.7. The summed E-state index contributed by atoms with van der Waals surface area (Å²) in [7, 11) is 1.28. The van der Waals surface area contributed by atoms with E-state index < -0.39 is 16.2 Å². The third-order valence-electron chi connectivity index (χ3n) is 2.36. The molecule has 0 aliphatic carbocycles. The Hall–Kier alpha value is -2.15. The third-order valence-corrected chi connectivity index (χ3v) is 2.67. The minimum absolute atomic E-state index is 0.0446. The predicted molar refractivity (Wildman–Crippen MR) is 61.5 cm³/mol. The molecule has 0 aliphatic rings. The van der Waals surface area contributed by atoms with E-state index in [1.807, 2.05) is 0 Å². The molecule has 0 unspecified atom stereocenters. The van der Waals surface area contributed by atoms with Gasteiger partial charge < -0.3 is 4.98 Å². The molecule has 0 atom stereocenters. The number of aromatic nitrogens is 2. The summed E-state index contributed by atoms with van der Waals surface area (Å²) in [4.78, 5) is 35.4. The third kappa shape index (κ3) is 1.70. The van der Waals surface area contributed by atoms with E-state index in [1.165, 1.54) is 13.1 Å². The largest absolute Gasteiger partial charge is 0.328 e. The number of aromatic amines is 1. The van der Waals surface area contributed by atoms with Crippen LogP contribution in [0.4, 0.5) is 5.69 Å². The predicted octanol–water partition coefficient (Wildman–Crippen LogP) is 0.788. The second kappa shape index (κ2) is 3.70. The Morgan fingerprint density at radius 1 is 1.41 bits per heavy atom. The second-order valence-corrected chi connectivity index (χ2v) is 3.81. The molecule has 0 amide bonds. The molecule has 17 heavy (non-hydrogen) atoms. The van der Waals surface area contributed by atoms with E-state index in [9.17, 15) is 19.7 Å². The van der Waals surface area contributed by atoms with Gasteiger partial charge in [-0.2, -0.15) is 0 Å². The van der Waals surface area contributed by atoms with E-state index in [0.29, 0.717) is 0 Å². The van der Waals surface area contributed by atoms with Crippen molar-refractivity contribution in [3.8, 4) is 0 Å². The van der Waals surface area contributed by atoms with Gasteiger partial charge in [-0.15, -0.1) is 0 Å². The van der Waals surface area contributed by atoms with Gasteiger partial charge in [-0.3, -0.25) is 19.5 Å². The summed E-state index contributed by atoms with van der Waals surface area (Å²) in [5.41, 5.74) is -1.41. The molecule has 8 heteroatoms. The lowest BCUT2D eigenvalue weighted by Crippen LogP contribution is -2.32. The van der Waals surface area contributed by atoms with Crippen molar-refractivity contribution in [3.05, 3.63) is 48.1 Å². The van der Waals surface area contributed by atoms with Crippen LogP contribution in [0, 0.1) is 10.1 Å². The summed E-state index contributed by atoms with van der Waals surface area (Å²) in [5.74, 6) is 0.